The third kappa shape index (κ3) is 6.59. The summed E-state index contributed by atoms with van der Waals surface area (Å²) in [5.74, 6) is 4.91. The van der Waals surface area contributed by atoms with Crippen molar-refractivity contribution >= 4 is 17.2 Å². The molecule has 0 bridgehead atoms. The lowest BCUT2D eigenvalue weighted by atomic mass is 9.68. The molecule has 4 rings (SSSR count). The molecule has 1 aromatic rings. The maximum atomic E-state index is 14.8. The van der Waals surface area contributed by atoms with Crippen molar-refractivity contribution in [1.82, 2.24) is 0 Å². The fourth-order valence-electron chi connectivity index (χ4n) is 7.22. The number of allylic oxidation sites excluding steroid dienone is 2. The van der Waals surface area contributed by atoms with Crippen LogP contribution in [0.5, 0.6) is 5.75 Å². The molecule has 0 saturated heterocycles. The molecule has 1 nitrogen and oxygen atoms in total. The summed E-state index contributed by atoms with van der Waals surface area (Å²) >= 11 is 6.21. The van der Waals surface area contributed by atoms with Crippen LogP contribution in [0, 0.1) is 35.4 Å². The third-order valence-corrected chi connectivity index (χ3v) is 9.69. The Hall–Kier alpha value is -1.02. The summed E-state index contributed by atoms with van der Waals surface area (Å²) in [6.45, 7) is 4.72. The summed E-state index contributed by atoms with van der Waals surface area (Å²) in [5.41, 5.74) is 1.78. The molecule has 1 unspecified atom stereocenters. The summed E-state index contributed by atoms with van der Waals surface area (Å²) < 4.78 is 20.3. The van der Waals surface area contributed by atoms with Gasteiger partial charge in [-0.2, -0.15) is 0 Å². The van der Waals surface area contributed by atoms with E-state index in [2.05, 4.69) is 13.0 Å². The standard InChI is InChI=1S/C31H46ClFO/c1-3-5-22-8-14-25(15-9-22)26-16-10-23(11-17-26)6-7-24-12-18-27(19-13-24)28-20-21-29(34-4-2)30(32)31(28)33/h18,20-26H,3-17,19H2,1-2H3. The van der Waals surface area contributed by atoms with E-state index in [1.54, 1.807) is 0 Å². The zero-order chi connectivity index (χ0) is 23.9. The number of hydrogen-bond acceptors (Lipinski definition) is 1. The van der Waals surface area contributed by atoms with E-state index in [0.717, 1.165) is 48.0 Å². The first-order valence-electron chi connectivity index (χ1n) is 14.4. The maximum Gasteiger partial charge on any atom is 0.153 e. The highest BCUT2D eigenvalue weighted by atomic mass is 35.5. The molecule has 0 aliphatic heterocycles. The van der Waals surface area contributed by atoms with Crippen LogP contribution in [-0.4, -0.2) is 6.61 Å². The molecule has 0 heterocycles. The summed E-state index contributed by atoms with van der Waals surface area (Å²) in [7, 11) is 0. The van der Waals surface area contributed by atoms with E-state index in [0.29, 0.717) is 17.9 Å². The minimum Gasteiger partial charge on any atom is -0.492 e. The second-order valence-electron chi connectivity index (χ2n) is 11.5. The second kappa shape index (κ2) is 12.8. The molecular weight excluding hydrogens is 443 g/mol. The molecule has 2 fully saturated rings. The van der Waals surface area contributed by atoms with E-state index in [9.17, 15) is 4.39 Å². The maximum absolute atomic E-state index is 14.8. The van der Waals surface area contributed by atoms with Gasteiger partial charge in [-0.05, 0) is 106 Å². The third-order valence-electron chi connectivity index (χ3n) is 9.34. The lowest BCUT2D eigenvalue weighted by molar-refractivity contribution is 0.138. The van der Waals surface area contributed by atoms with Crippen LogP contribution in [-0.2, 0) is 0 Å². The van der Waals surface area contributed by atoms with E-state index < -0.39 is 0 Å². The number of halogens is 2. The number of rotatable bonds is 9. The molecule has 3 aliphatic rings. The number of ether oxygens (including phenoxy) is 1. The van der Waals surface area contributed by atoms with Gasteiger partial charge in [-0.15, -0.1) is 0 Å². The van der Waals surface area contributed by atoms with Crippen LogP contribution in [0.25, 0.3) is 5.57 Å². The Morgan fingerprint density at radius 2 is 1.44 bits per heavy atom. The molecular formula is C31H46ClFO. The van der Waals surface area contributed by atoms with Gasteiger partial charge in [0, 0.05) is 5.56 Å². The van der Waals surface area contributed by atoms with Gasteiger partial charge in [-0.25, -0.2) is 4.39 Å². The van der Waals surface area contributed by atoms with Crippen molar-refractivity contribution in [1.29, 1.82) is 0 Å². The van der Waals surface area contributed by atoms with Gasteiger partial charge >= 0.3 is 0 Å². The van der Waals surface area contributed by atoms with Gasteiger partial charge < -0.3 is 4.74 Å². The lowest BCUT2D eigenvalue weighted by Crippen LogP contribution is -2.26. The van der Waals surface area contributed by atoms with Crippen LogP contribution >= 0.6 is 11.6 Å². The Labute approximate surface area is 212 Å². The van der Waals surface area contributed by atoms with E-state index >= 15 is 0 Å². The van der Waals surface area contributed by atoms with Crippen LogP contribution < -0.4 is 4.74 Å². The van der Waals surface area contributed by atoms with Gasteiger partial charge in [0.2, 0.25) is 0 Å². The highest BCUT2D eigenvalue weighted by Gasteiger charge is 2.31. The van der Waals surface area contributed by atoms with E-state index in [4.69, 9.17) is 16.3 Å². The van der Waals surface area contributed by atoms with Crippen molar-refractivity contribution in [2.24, 2.45) is 29.6 Å². The smallest absolute Gasteiger partial charge is 0.153 e. The predicted molar refractivity (Wildman–Crippen MR) is 143 cm³/mol. The number of benzene rings is 1. The molecule has 190 valence electrons. The molecule has 0 aromatic heterocycles. The van der Waals surface area contributed by atoms with Gasteiger partial charge in [0.25, 0.3) is 0 Å². The zero-order valence-electron chi connectivity index (χ0n) is 21.6. The van der Waals surface area contributed by atoms with E-state index in [1.807, 2.05) is 19.1 Å². The molecule has 0 spiro atoms. The molecule has 3 heteroatoms. The Balaban J connectivity index is 1.18. The summed E-state index contributed by atoms with van der Waals surface area (Å²) in [6.07, 6.45) is 23.0. The van der Waals surface area contributed by atoms with Gasteiger partial charge in [0.1, 0.15) is 10.8 Å². The molecule has 1 aromatic carbocycles. The lowest BCUT2D eigenvalue weighted by Gasteiger charge is -2.38. The molecule has 3 aliphatic carbocycles. The van der Waals surface area contributed by atoms with Crippen molar-refractivity contribution in [3.05, 3.63) is 34.6 Å². The average Bonchev–Trinajstić information content (AvgIpc) is 2.87. The first-order chi connectivity index (χ1) is 16.6. The molecule has 0 amide bonds. The largest absolute Gasteiger partial charge is 0.492 e. The minimum atomic E-state index is -0.326. The van der Waals surface area contributed by atoms with Crippen LogP contribution in [0.1, 0.15) is 116 Å². The van der Waals surface area contributed by atoms with Gasteiger partial charge in [-0.1, -0.05) is 69.5 Å². The fourth-order valence-corrected chi connectivity index (χ4v) is 7.44. The first kappa shape index (κ1) is 26.1. The van der Waals surface area contributed by atoms with Gasteiger partial charge in [-0.3, -0.25) is 0 Å². The Kier molecular flexibility index (Phi) is 9.80. The molecule has 0 radical (unpaired) electrons. The average molecular weight is 489 g/mol. The minimum absolute atomic E-state index is 0.118. The van der Waals surface area contributed by atoms with Crippen LogP contribution in [0.15, 0.2) is 18.2 Å². The normalized spacial score (nSPS) is 30.1. The monoisotopic (exact) mass is 488 g/mol. The van der Waals surface area contributed by atoms with Crippen molar-refractivity contribution in [3.8, 4) is 5.75 Å². The Bertz CT molecular complexity index is 802. The number of hydrogen-bond donors (Lipinski definition) is 0. The molecule has 1 atom stereocenters. The van der Waals surface area contributed by atoms with Crippen molar-refractivity contribution < 1.29 is 9.13 Å². The van der Waals surface area contributed by atoms with Crippen molar-refractivity contribution in [2.75, 3.05) is 6.61 Å². The summed E-state index contributed by atoms with van der Waals surface area (Å²) in [4.78, 5) is 0. The quantitative estimate of drug-likeness (QED) is 0.335. The van der Waals surface area contributed by atoms with Crippen molar-refractivity contribution in [2.45, 2.75) is 110 Å². The van der Waals surface area contributed by atoms with Crippen LogP contribution in [0.3, 0.4) is 0 Å². The van der Waals surface area contributed by atoms with Gasteiger partial charge in [0.05, 0.1) is 6.61 Å². The van der Waals surface area contributed by atoms with Gasteiger partial charge in [0.15, 0.2) is 5.82 Å². The molecule has 34 heavy (non-hydrogen) atoms. The first-order valence-corrected chi connectivity index (χ1v) is 14.8. The highest BCUT2D eigenvalue weighted by Crippen LogP contribution is 2.44. The van der Waals surface area contributed by atoms with Crippen molar-refractivity contribution in [3.63, 3.8) is 0 Å². The predicted octanol–water partition coefficient (Wildman–Crippen LogP) is 10.3. The molecule has 0 N–H and O–H groups in total. The summed E-state index contributed by atoms with van der Waals surface area (Å²) in [5, 5.41) is 0.118. The van der Waals surface area contributed by atoms with E-state index in [1.165, 1.54) is 83.5 Å². The fraction of sp³-hybridized carbons (Fsp3) is 0.742. The Morgan fingerprint density at radius 1 is 0.824 bits per heavy atom. The molecule has 2 saturated carbocycles. The van der Waals surface area contributed by atoms with Crippen LogP contribution in [0.2, 0.25) is 5.02 Å². The second-order valence-corrected chi connectivity index (χ2v) is 11.8. The topological polar surface area (TPSA) is 9.23 Å². The summed E-state index contributed by atoms with van der Waals surface area (Å²) in [6, 6.07) is 3.65. The van der Waals surface area contributed by atoms with E-state index in [-0.39, 0.29) is 10.8 Å². The Morgan fingerprint density at radius 3 is 2.00 bits per heavy atom. The SMILES string of the molecule is CCCC1CCC(C2CCC(CCC3CC=C(c4ccc(OCC)c(Cl)c4F)CC3)CC2)CC1. The zero-order valence-corrected chi connectivity index (χ0v) is 22.4. The highest BCUT2D eigenvalue weighted by molar-refractivity contribution is 6.32. The van der Waals surface area contributed by atoms with Crippen LogP contribution in [0.4, 0.5) is 4.39 Å².